The van der Waals surface area contributed by atoms with Gasteiger partial charge >= 0.3 is 0 Å². The summed E-state index contributed by atoms with van der Waals surface area (Å²) >= 11 is 5.23. The molecule has 0 aromatic heterocycles. The van der Waals surface area contributed by atoms with Gasteiger partial charge in [0.05, 0.1) is 11.3 Å². The summed E-state index contributed by atoms with van der Waals surface area (Å²) in [6.45, 7) is 1.13. The molecular weight excluding hydrogens is 350 g/mol. The van der Waals surface area contributed by atoms with Crippen LogP contribution in [0.1, 0.15) is 48.9 Å². The number of carbonyl (C=O) groups is 2. The van der Waals surface area contributed by atoms with E-state index in [0.29, 0.717) is 36.7 Å². The average Bonchev–Trinajstić information content (AvgIpc) is 3.11. The first-order valence-corrected chi connectivity index (χ1v) is 9.48. The first kappa shape index (κ1) is 20.3. The smallest absolute Gasteiger partial charge is 0.253 e. The van der Waals surface area contributed by atoms with E-state index in [4.69, 9.17) is 17.0 Å². The zero-order valence-electron chi connectivity index (χ0n) is 15.2. The molecular formula is C19H27N3O3S. The van der Waals surface area contributed by atoms with Crippen LogP contribution in [-0.4, -0.2) is 37.2 Å². The molecule has 1 aromatic carbocycles. The van der Waals surface area contributed by atoms with Gasteiger partial charge in [0.1, 0.15) is 0 Å². The van der Waals surface area contributed by atoms with Gasteiger partial charge in [0.15, 0.2) is 5.11 Å². The molecule has 1 aliphatic rings. The molecule has 2 amide bonds. The maximum absolute atomic E-state index is 12.3. The van der Waals surface area contributed by atoms with Crippen LogP contribution in [0.4, 0.5) is 5.69 Å². The van der Waals surface area contributed by atoms with E-state index >= 15 is 0 Å². The van der Waals surface area contributed by atoms with Gasteiger partial charge in [0.2, 0.25) is 5.91 Å². The predicted molar refractivity (Wildman–Crippen MR) is 106 cm³/mol. The van der Waals surface area contributed by atoms with Crippen LogP contribution in [0.5, 0.6) is 0 Å². The first-order chi connectivity index (χ1) is 12.6. The number of para-hydroxylation sites is 1. The van der Waals surface area contributed by atoms with Gasteiger partial charge in [-0.1, -0.05) is 25.0 Å². The molecule has 0 bridgehead atoms. The molecule has 6 nitrogen and oxygen atoms in total. The second-order valence-corrected chi connectivity index (χ2v) is 6.91. The van der Waals surface area contributed by atoms with Crippen molar-refractivity contribution in [3.8, 4) is 0 Å². The van der Waals surface area contributed by atoms with Gasteiger partial charge in [-0.05, 0) is 49.5 Å². The van der Waals surface area contributed by atoms with Gasteiger partial charge in [0.25, 0.3) is 5.91 Å². The molecule has 0 heterocycles. The van der Waals surface area contributed by atoms with Gasteiger partial charge in [0, 0.05) is 26.7 Å². The van der Waals surface area contributed by atoms with Crippen LogP contribution >= 0.6 is 12.2 Å². The third-order valence-corrected chi connectivity index (χ3v) is 4.64. The number of anilines is 1. The summed E-state index contributed by atoms with van der Waals surface area (Å²) in [6.07, 6.45) is 5.87. The topological polar surface area (TPSA) is 79.5 Å². The SMILES string of the molecule is COCCCNC(=O)c1ccccc1NC(=S)NC(=O)CC1CCCC1. The van der Waals surface area contributed by atoms with Crippen molar-refractivity contribution in [1.82, 2.24) is 10.6 Å². The Bertz CT molecular complexity index is 630. The molecule has 0 unspecified atom stereocenters. The second-order valence-electron chi connectivity index (χ2n) is 6.50. The molecule has 2 rings (SSSR count). The molecule has 7 heteroatoms. The summed E-state index contributed by atoms with van der Waals surface area (Å²) < 4.78 is 4.97. The fourth-order valence-electron chi connectivity index (χ4n) is 3.11. The van der Waals surface area contributed by atoms with E-state index in [1.54, 1.807) is 25.3 Å². The van der Waals surface area contributed by atoms with Crippen LogP contribution in [0.25, 0.3) is 0 Å². The maximum atomic E-state index is 12.3. The zero-order chi connectivity index (χ0) is 18.8. The molecule has 1 fully saturated rings. The standard InChI is InChI=1S/C19H27N3O3S/c1-25-12-6-11-20-18(24)15-9-4-5-10-16(15)21-19(26)22-17(23)13-14-7-2-3-8-14/h4-5,9-10,14H,2-3,6-8,11-13H2,1H3,(H,20,24)(H2,21,22,23,26). The van der Waals surface area contributed by atoms with Crippen molar-refractivity contribution >= 4 is 34.8 Å². The molecule has 0 radical (unpaired) electrons. The van der Waals surface area contributed by atoms with Gasteiger partial charge in [-0.15, -0.1) is 0 Å². The number of hydrogen-bond acceptors (Lipinski definition) is 4. The molecule has 1 aromatic rings. The average molecular weight is 378 g/mol. The summed E-state index contributed by atoms with van der Waals surface area (Å²) in [5.74, 6) is 0.197. The van der Waals surface area contributed by atoms with Crippen molar-refractivity contribution < 1.29 is 14.3 Å². The number of ether oxygens (including phenoxy) is 1. The molecule has 0 saturated heterocycles. The van der Waals surface area contributed by atoms with E-state index in [-0.39, 0.29) is 16.9 Å². The van der Waals surface area contributed by atoms with E-state index in [1.165, 1.54) is 12.8 Å². The zero-order valence-corrected chi connectivity index (χ0v) is 16.0. The number of amides is 2. The molecule has 1 aliphatic carbocycles. The lowest BCUT2D eigenvalue weighted by molar-refractivity contribution is -0.120. The molecule has 0 atom stereocenters. The molecule has 1 saturated carbocycles. The molecule has 3 N–H and O–H groups in total. The summed E-state index contributed by atoms with van der Waals surface area (Å²) in [5, 5.41) is 8.74. The van der Waals surface area contributed by atoms with Crippen molar-refractivity contribution in [3.63, 3.8) is 0 Å². The van der Waals surface area contributed by atoms with Crippen LogP contribution in [0.2, 0.25) is 0 Å². The molecule has 0 aliphatic heterocycles. The van der Waals surface area contributed by atoms with Gasteiger partial charge in [-0.2, -0.15) is 0 Å². The van der Waals surface area contributed by atoms with Crippen LogP contribution < -0.4 is 16.0 Å². The fourth-order valence-corrected chi connectivity index (χ4v) is 3.34. The van der Waals surface area contributed by atoms with Crippen molar-refractivity contribution in [3.05, 3.63) is 29.8 Å². The van der Waals surface area contributed by atoms with E-state index in [9.17, 15) is 9.59 Å². The minimum atomic E-state index is -0.190. The van der Waals surface area contributed by atoms with E-state index in [2.05, 4.69) is 16.0 Å². The molecule has 26 heavy (non-hydrogen) atoms. The van der Waals surface area contributed by atoms with E-state index < -0.39 is 0 Å². The van der Waals surface area contributed by atoms with Crippen molar-refractivity contribution in [1.29, 1.82) is 0 Å². The lowest BCUT2D eigenvalue weighted by Crippen LogP contribution is -2.35. The Morgan fingerprint density at radius 2 is 1.96 bits per heavy atom. The van der Waals surface area contributed by atoms with Gasteiger partial charge in [-0.25, -0.2) is 0 Å². The fraction of sp³-hybridized carbons (Fsp3) is 0.526. The summed E-state index contributed by atoms with van der Waals surface area (Å²) in [7, 11) is 1.63. The lowest BCUT2D eigenvalue weighted by atomic mass is 10.0. The number of nitrogens with one attached hydrogen (secondary N) is 3. The Morgan fingerprint density at radius 1 is 1.23 bits per heavy atom. The van der Waals surface area contributed by atoms with Gasteiger partial charge in [-0.3, -0.25) is 9.59 Å². The Kier molecular flexibility index (Phi) is 8.50. The van der Waals surface area contributed by atoms with Gasteiger partial charge < -0.3 is 20.7 Å². The molecule has 142 valence electrons. The number of rotatable bonds is 8. The normalized spacial score (nSPS) is 14.0. The maximum Gasteiger partial charge on any atom is 0.253 e. The minimum Gasteiger partial charge on any atom is -0.385 e. The first-order valence-electron chi connectivity index (χ1n) is 9.07. The highest BCUT2D eigenvalue weighted by Gasteiger charge is 2.19. The quantitative estimate of drug-likeness (QED) is 0.480. The Balaban J connectivity index is 1.86. The summed E-state index contributed by atoms with van der Waals surface area (Å²) in [5.41, 5.74) is 1.06. The highest BCUT2D eigenvalue weighted by Crippen LogP contribution is 2.27. The summed E-state index contributed by atoms with van der Waals surface area (Å²) in [6, 6.07) is 7.08. The van der Waals surface area contributed by atoms with Crippen molar-refractivity contribution in [2.75, 3.05) is 25.6 Å². The lowest BCUT2D eigenvalue weighted by Gasteiger charge is -2.14. The Hall–Kier alpha value is -1.99. The predicted octanol–water partition coefficient (Wildman–Crippen LogP) is 2.85. The van der Waals surface area contributed by atoms with E-state index in [0.717, 1.165) is 19.3 Å². The van der Waals surface area contributed by atoms with Crippen LogP contribution in [0, 0.1) is 5.92 Å². The van der Waals surface area contributed by atoms with Crippen LogP contribution in [0.3, 0.4) is 0 Å². The minimum absolute atomic E-state index is 0.0732. The number of benzene rings is 1. The number of methoxy groups -OCH3 is 1. The van der Waals surface area contributed by atoms with Crippen LogP contribution in [0.15, 0.2) is 24.3 Å². The number of carbonyl (C=O) groups excluding carboxylic acids is 2. The monoisotopic (exact) mass is 377 g/mol. The number of thiocarbonyl (C=S) groups is 1. The third-order valence-electron chi connectivity index (χ3n) is 4.43. The van der Waals surface area contributed by atoms with Crippen molar-refractivity contribution in [2.45, 2.75) is 38.5 Å². The highest BCUT2D eigenvalue weighted by atomic mass is 32.1. The summed E-state index contributed by atoms with van der Waals surface area (Å²) in [4.78, 5) is 24.4. The van der Waals surface area contributed by atoms with Crippen molar-refractivity contribution in [2.24, 2.45) is 5.92 Å². The number of hydrogen-bond donors (Lipinski definition) is 3. The Labute approximate surface area is 160 Å². The Morgan fingerprint density at radius 3 is 2.69 bits per heavy atom. The van der Waals surface area contributed by atoms with Crippen LogP contribution in [-0.2, 0) is 9.53 Å². The largest absolute Gasteiger partial charge is 0.385 e. The highest BCUT2D eigenvalue weighted by molar-refractivity contribution is 7.80. The third kappa shape index (κ3) is 6.72. The van der Waals surface area contributed by atoms with E-state index in [1.807, 2.05) is 6.07 Å². The second kappa shape index (κ2) is 10.9. The molecule has 0 spiro atoms.